The molecule has 1 aliphatic rings. The fourth-order valence-electron chi connectivity index (χ4n) is 1.54. The van der Waals surface area contributed by atoms with E-state index in [2.05, 4.69) is 11.9 Å². The molecule has 0 radical (unpaired) electrons. The molecule has 0 aromatic rings. The van der Waals surface area contributed by atoms with Crippen LogP contribution in [0, 0.1) is 0 Å². The van der Waals surface area contributed by atoms with Gasteiger partial charge in [0.05, 0.1) is 6.42 Å². The fourth-order valence-corrected chi connectivity index (χ4v) is 1.54. The van der Waals surface area contributed by atoms with Crippen LogP contribution in [-0.2, 0) is 4.79 Å². The second kappa shape index (κ2) is 4.21. The summed E-state index contributed by atoms with van der Waals surface area (Å²) in [5, 5.41) is 0. The lowest BCUT2D eigenvalue weighted by molar-refractivity contribution is -0.114. The van der Waals surface area contributed by atoms with Crippen LogP contribution in [0.4, 0.5) is 0 Å². The molecule has 0 fully saturated rings. The van der Waals surface area contributed by atoms with E-state index >= 15 is 0 Å². The minimum absolute atomic E-state index is 0.159. The van der Waals surface area contributed by atoms with E-state index in [0.717, 1.165) is 30.5 Å². The smallest absolute Gasteiger partial charge is 0.168 e. The maximum atomic E-state index is 11.5. The number of hydrogen-bond acceptors (Lipinski definition) is 3. The highest BCUT2D eigenvalue weighted by atomic mass is 16.1. The number of carbonyl (C=O) groups is 1. The Hall–Kier alpha value is -1.12. The van der Waals surface area contributed by atoms with E-state index in [4.69, 9.17) is 5.73 Å². The number of amidine groups is 1. The van der Waals surface area contributed by atoms with Crippen molar-refractivity contribution in [3.8, 4) is 0 Å². The lowest BCUT2D eigenvalue weighted by atomic mass is 9.97. The third kappa shape index (κ3) is 2.17. The highest BCUT2D eigenvalue weighted by Gasteiger charge is 2.19. The predicted molar refractivity (Wildman–Crippen MR) is 53.5 cm³/mol. The van der Waals surface area contributed by atoms with Crippen LogP contribution in [0.3, 0.4) is 0 Å². The summed E-state index contributed by atoms with van der Waals surface area (Å²) in [6.45, 7) is 4.07. The van der Waals surface area contributed by atoms with Gasteiger partial charge in [-0.15, -0.1) is 0 Å². The third-order valence-corrected chi connectivity index (χ3v) is 2.14. The Bertz CT molecular complexity index is 277. The van der Waals surface area contributed by atoms with Gasteiger partial charge >= 0.3 is 0 Å². The molecule has 0 aromatic carbocycles. The van der Waals surface area contributed by atoms with Gasteiger partial charge < -0.3 is 5.73 Å². The number of Topliss-reactive ketones (excluding diaryl/α,β-unsaturated/α-hetero) is 1. The van der Waals surface area contributed by atoms with E-state index in [0.29, 0.717) is 12.3 Å². The summed E-state index contributed by atoms with van der Waals surface area (Å²) < 4.78 is 0. The zero-order valence-electron chi connectivity index (χ0n) is 8.26. The fraction of sp³-hybridized carbons (Fsp3) is 0.600. The first-order valence-electron chi connectivity index (χ1n) is 4.77. The van der Waals surface area contributed by atoms with Crippen molar-refractivity contribution in [3.63, 3.8) is 0 Å². The van der Waals surface area contributed by atoms with Crippen molar-refractivity contribution >= 4 is 11.6 Å². The van der Waals surface area contributed by atoms with Crippen LogP contribution in [-0.4, -0.2) is 11.6 Å². The molecule has 0 aromatic heterocycles. The maximum Gasteiger partial charge on any atom is 0.168 e. The van der Waals surface area contributed by atoms with Crippen molar-refractivity contribution in [1.82, 2.24) is 0 Å². The molecule has 0 atom stereocenters. The number of carbonyl (C=O) groups excluding carboxylic acids is 1. The number of allylic oxidation sites excluding steroid dienone is 2. The van der Waals surface area contributed by atoms with Gasteiger partial charge in [-0.25, -0.2) is 4.99 Å². The van der Waals surface area contributed by atoms with Gasteiger partial charge in [-0.2, -0.15) is 0 Å². The topological polar surface area (TPSA) is 55.4 Å². The molecule has 0 unspecified atom stereocenters. The number of nitrogens with zero attached hydrogens (tertiary/aromatic N) is 1. The first kappa shape index (κ1) is 9.96. The van der Waals surface area contributed by atoms with Crippen LogP contribution in [0.5, 0.6) is 0 Å². The third-order valence-electron chi connectivity index (χ3n) is 2.14. The van der Waals surface area contributed by atoms with Gasteiger partial charge in [0.2, 0.25) is 0 Å². The molecule has 3 heteroatoms. The van der Waals surface area contributed by atoms with Gasteiger partial charge in [0, 0.05) is 11.3 Å². The molecule has 2 N–H and O–H groups in total. The lowest BCUT2D eigenvalue weighted by Crippen LogP contribution is -2.23. The summed E-state index contributed by atoms with van der Waals surface area (Å²) in [5.74, 6) is 0.618. The maximum absolute atomic E-state index is 11.5. The Kier molecular flexibility index (Phi) is 3.23. The van der Waals surface area contributed by atoms with Crippen LogP contribution in [0.25, 0.3) is 0 Å². The molecule has 0 saturated heterocycles. The van der Waals surface area contributed by atoms with Gasteiger partial charge in [0.25, 0.3) is 0 Å². The summed E-state index contributed by atoms with van der Waals surface area (Å²) in [4.78, 5) is 15.7. The van der Waals surface area contributed by atoms with E-state index in [-0.39, 0.29) is 5.78 Å². The summed E-state index contributed by atoms with van der Waals surface area (Å²) in [7, 11) is 0. The second-order valence-corrected chi connectivity index (χ2v) is 3.23. The minimum atomic E-state index is 0.159. The molecular weight excluding hydrogens is 164 g/mol. The average Bonchev–Trinajstić information content (AvgIpc) is 2.09. The van der Waals surface area contributed by atoms with Crippen LogP contribution < -0.4 is 5.73 Å². The Morgan fingerprint density at radius 1 is 1.46 bits per heavy atom. The van der Waals surface area contributed by atoms with Gasteiger partial charge in [-0.1, -0.05) is 20.3 Å². The predicted octanol–water partition coefficient (Wildman–Crippen LogP) is 1.78. The number of nitrogens with two attached hydrogens (primary N) is 1. The first-order valence-corrected chi connectivity index (χ1v) is 4.77. The minimum Gasteiger partial charge on any atom is -0.387 e. The molecule has 0 bridgehead atoms. The van der Waals surface area contributed by atoms with Crippen molar-refractivity contribution in [3.05, 3.63) is 11.3 Å². The molecule has 0 aliphatic carbocycles. The van der Waals surface area contributed by atoms with Crippen LogP contribution >= 0.6 is 0 Å². The van der Waals surface area contributed by atoms with E-state index < -0.39 is 0 Å². The molecule has 1 aliphatic heterocycles. The van der Waals surface area contributed by atoms with Crippen LogP contribution in [0.1, 0.15) is 39.5 Å². The largest absolute Gasteiger partial charge is 0.387 e. The second-order valence-electron chi connectivity index (χ2n) is 3.23. The van der Waals surface area contributed by atoms with Gasteiger partial charge in [0.15, 0.2) is 5.78 Å². The van der Waals surface area contributed by atoms with E-state index in [9.17, 15) is 4.79 Å². The van der Waals surface area contributed by atoms with E-state index in [1.807, 2.05) is 6.92 Å². The molecule has 13 heavy (non-hydrogen) atoms. The Balaban J connectivity index is 2.97. The monoisotopic (exact) mass is 180 g/mol. The highest BCUT2D eigenvalue weighted by Crippen LogP contribution is 2.21. The Morgan fingerprint density at radius 2 is 2.15 bits per heavy atom. The Labute approximate surface area is 78.7 Å². The summed E-state index contributed by atoms with van der Waals surface area (Å²) in [6, 6.07) is 0. The van der Waals surface area contributed by atoms with Crippen molar-refractivity contribution < 1.29 is 4.79 Å². The molecule has 72 valence electrons. The quantitative estimate of drug-likeness (QED) is 0.719. The molecule has 1 rings (SSSR count). The summed E-state index contributed by atoms with van der Waals surface area (Å²) >= 11 is 0. The zero-order chi connectivity index (χ0) is 9.84. The summed E-state index contributed by atoms with van der Waals surface area (Å²) in [6.07, 6.45) is 2.92. The van der Waals surface area contributed by atoms with Gasteiger partial charge in [0.1, 0.15) is 5.84 Å². The van der Waals surface area contributed by atoms with Crippen molar-refractivity contribution in [2.45, 2.75) is 39.5 Å². The lowest BCUT2D eigenvalue weighted by Gasteiger charge is -2.14. The van der Waals surface area contributed by atoms with Crippen LogP contribution in [0.2, 0.25) is 0 Å². The van der Waals surface area contributed by atoms with E-state index in [1.165, 1.54) is 0 Å². The number of rotatable bonds is 3. The van der Waals surface area contributed by atoms with E-state index in [1.54, 1.807) is 0 Å². The number of hydrogen-bond donors (Lipinski definition) is 1. The molecule has 3 nitrogen and oxygen atoms in total. The molecule has 0 amide bonds. The number of ketones is 1. The average molecular weight is 180 g/mol. The molecule has 1 heterocycles. The van der Waals surface area contributed by atoms with Gasteiger partial charge in [-0.05, 0) is 12.8 Å². The summed E-state index contributed by atoms with van der Waals surface area (Å²) in [5.41, 5.74) is 7.32. The highest BCUT2D eigenvalue weighted by molar-refractivity contribution is 6.10. The molecule has 0 spiro atoms. The van der Waals surface area contributed by atoms with Crippen molar-refractivity contribution in [2.75, 3.05) is 0 Å². The van der Waals surface area contributed by atoms with Crippen LogP contribution in [0.15, 0.2) is 16.3 Å². The SMILES string of the molecule is CCCC1=C(CC)N=C(N)CC1=O. The van der Waals surface area contributed by atoms with Crippen molar-refractivity contribution in [2.24, 2.45) is 10.7 Å². The first-order chi connectivity index (χ1) is 6.19. The van der Waals surface area contributed by atoms with Gasteiger partial charge in [-0.3, -0.25) is 4.79 Å². The zero-order valence-corrected chi connectivity index (χ0v) is 8.26. The standard InChI is InChI=1S/C10H16N2O/c1-3-5-7-8(4-2)12-10(11)6-9(7)13/h3-6H2,1-2H3,(H2,11,12). The normalized spacial score (nSPS) is 17.7. The molecule has 0 saturated carbocycles. The van der Waals surface area contributed by atoms with Crippen molar-refractivity contribution in [1.29, 1.82) is 0 Å². The Morgan fingerprint density at radius 3 is 2.69 bits per heavy atom. The molecular formula is C10H16N2O. The number of aliphatic imine (C=N–C) groups is 1.